The van der Waals surface area contributed by atoms with E-state index in [1.165, 1.54) is 11.4 Å². The zero-order valence-corrected chi connectivity index (χ0v) is 37.3. The number of benzene rings is 4. The molecule has 2 amide bonds. The molecule has 0 spiro atoms. The summed E-state index contributed by atoms with van der Waals surface area (Å²) in [6.45, 7) is 9.02. The van der Waals surface area contributed by atoms with Gasteiger partial charge in [0.1, 0.15) is 23.3 Å². The van der Waals surface area contributed by atoms with Crippen LogP contribution >= 0.6 is 0 Å². The standard InChI is InChI=1S/C49H58N14O2/c1-60-18-22-62(23-19-60)34-12-16-38-42(28-34)58-48(56-38)32-10-14-36-40(26-32)54-44(52-36)30-50-46(64)8-6-4-3-5-7-9-47(65)51-31-45-53-37-15-11-33(27-41(37)55-45)49-57-39-17-13-35(29-43(39)59-49)63-24-20-61(2)21-25-63/h10-17,26-29H,3-9,18-25,30-31H2,1-2H3,(H,50,64)(H,51,65)(H,52,54)(H,53,55)(H,56,58)(H,57,59). The summed E-state index contributed by atoms with van der Waals surface area (Å²) in [7, 11) is 4.34. The Morgan fingerprint density at radius 2 is 0.862 bits per heavy atom. The fourth-order valence-electron chi connectivity index (χ4n) is 9.02. The number of hydrogen-bond donors (Lipinski definition) is 6. The highest BCUT2D eigenvalue weighted by Gasteiger charge is 2.18. The van der Waals surface area contributed by atoms with Crippen molar-refractivity contribution in [2.75, 3.05) is 76.3 Å². The van der Waals surface area contributed by atoms with Crippen molar-refractivity contribution in [1.82, 2.24) is 60.3 Å². The zero-order valence-electron chi connectivity index (χ0n) is 37.3. The van der Waals surface area contributed by atoms with Crippen molar-refractivity contribution < 1.29 is 9.59 Å². The smallest absolute Gasteiger partial charge is 0.220 e. The van der Waals surface area contributed by atoms with Gasteiger partial charge in [0.2, 0.25) is 11.8 Å². The number of nitrogens with zero attached hydrogens (tertiary/aromatic N) is 8. The molecule has 2 saturated heterocycles. The molecule has 0 aliphatic carbocycles. The third-order valence-corrected chi connectivity index (χ3v) is 13.0. The zero-order chi connectivity index (χ0) is 44.3. The molecule has 16 heteroatoms. The van der Waals surface area contributed by atoms with Gasteiger partial charge in [-0.3, -0.25) is 9.59 Å². The number of hydrogen-bond acceptors (Lipinski definition) is 10. The van der Waals surface area contributed by atoms with Crippen LogP contribution in [0.25, 0.3) is 66.9 Å². The van der Waals surface area contributed by atoms with Crippen molar-refractivity contribution in [1.29, 1.82) is 0 Å². The summed E-state index contributed by atoms with van der Waals surface area (Å²) in [4.78, 5) is 67.8. The first-order valence-electron chi connectivity index (χ1n) is 23.1. The molecule has 4 aromatic heterocycles. The third kappa shape index (κ3) is 9.83. The Morgan fingerprint density at radius 1 is 0.477 bits per heavy atom. The Bertz CT molecular complexity index is 2750. The fraction of sp³-hybridized carbons (Fsp3) is 0.388. The molecule has 336 valence electrons. The second kappa shape index (κ2) is 18.7. The number of anilines is 2. The summed E-state index contributed by atoms with van der Waals surface area (Å²) >= 11 is 0. The maximum Gasteiger partial charge on any atom is 0.220 e. The molecule has 0 atom stereocenters. The van der Waals surface area contributed by atoms with Crippen molar-refractivity contribution in [2.24, 2.45) is 0 Å². The molecule has 4 aromatic carbocycles. The van der Waals surface area contributed by atoms with Crippen LogP contribution in [0.2, 0.25) is 0 Å². The van der Waals surface area contributed by atoms with Gasteiger partial charge >= 0.3 is 0 Å². The summed E-state index contributed by atoms with van der Waals surface area (Å²) in [5.74, 6) is 3.08. The first kappa shape index (κ1) is 42.2. The van der Waals surface area contributed by atoms with Crippen LogP contribution in [-0.2, 0) is 22.7 Å². The Balaban J connectivity index is 0.619. The molecule has 6 heterocycles. The maximum atomic E-state index is 12.7. The molecular formula is C49H58N14O2. The minimum atomic E-state index is 0.00958. The topological polar surface area (TPSA) is 186 Å². The van der Waals surface area contributed by atoms with Crippen molar-refractivity contribution in [2.45, 2.75) is 58.0 Å². The predicted octanol–water partition coefficient (Wildman–Crippen LogP) is 6.69. The van der Waals surface area contributed by atoms with Gasteiger partial charge in [-0.1, -0.05) is 19.3 Å². The van der Waals surface area contributed by atoms with E-state index in [4.69, 9.17) is 19.9 Å². The predicted molar refractivity (Wildman–Crippen MR) is 258 cm³/mol. The van der Waals surface area contributed by atoms with Crippen LogP contribution < -0.4 is 20.4 Å². The summed E-state index contributed by atoms with van der Waals surface area (Å²) in [6, 6.07) is 25.0. The largest absolute Gasteiger partial charge is 0.369 e. The fourth-order valence-corrected chi connectivity index (χ4v) is 9.02. The normalized spacial score (nSPS) is 15.2. The molecule has 2 fully saturated rings. The van der Waals surface area contributed by atoms with Gasteiger partial charge in [-0.05, 0) is 99.7 Å². The lowest BCUT2D eigenvalue weighted by Gasteiger charge is -2.34. The molecule has 10 rings (SSSR count). The Labute approximate surface area is 377 Å². The number of carbonyl (C=O) groups is 2. The quantitative estimate of drug-likeness (QED) is 0.0572. The van der Waals surface area contributed by atoms with Crippen LogP contribution in [-0.4, -0.2) is 128 Å². The van der Waals surface area contributed by atoms with E-state index >= 15 is 0 Å². The number of rotatable bonds is 16. The highest BCUT2D eigenvalue weighted by Crippen LogP contribution is 2.29. The molecule has 65 heavy (non-hydrogen) atoms. The summed E-state index contributed by atoms with van der Waals surface area (Å²) in [5.41, 5.74) is 11.8. The number of likely N-dealkylation sites (N-methyl/N-ethyl adjacent to an activating group) is 2. The number of carbonyl (C=O) groups excluding carboxylic acids is 2. The van der Waals surface area contributed by atoms with Crippen LogP contribution in [0.4, 0.5) is 11.4 Å². The van der Waals surface area contributed by atoms with E-state index in [1.807, 2.05) is 24.3 Å². The van der Waals surface area contributed by atoms with Crippen molar-refractivity contribution in [3.05, 3.63) is 84.4 Å². The van der Waals surface area contributed by atoms with Crippen molar-refractivity contribution >= 4 is 67.3 Å². The van der Waals surface area contributed by atoms with Crippen LogP contribution in [0.3, 0.4) is 0 Å². The van der Waals surface area contributed by atoms with Gasteiger partial charge in [0.25, 0.3) is 0 Å². The van der Waals surface area contributed by atoms with E-state index in [0.29, 0.717) is 37.6 Å². The van der Waals surface area contributed by atoms with Crippen LogP contribution in [0.1, 0.15) is 56.6 Å². The SMILES string of the molecule is CN1CCN(c2ccc3nc(-c4ccc5nc(CNC(=O)CCCCCCCC(=O)NCc6nc7ccc(-c8nc9ccc(N%10CCN(C)CC%10)cc9[nH]8)cc7[nH]6)[nH]c5c4)[nH]c3c2)CC1. The number of imidazole rings is 4. The highest BCUT2D eigenvalue weighted by molar-refractivity contribution is 5.87. The van der Waals surface area contributed by atoms with Gasteiger partial charge < -0.3 is 50.2 Å². The molecule has 2 aliphatic rings. The Hall–Kier alpha value is -6.78. The molecule has 16 nitrogen and oxygen atoms in total. The number of amides is 2. The van der Waals surface area contributed by atoms with E-state index in [-0.39, 0.29) is 11.8 Å². The summed E-state index contributed by atoms with van der Waals surface area (Å²) < 4.78 is 0. The molecule has 0 unspecified atom stereocenters. The third-order valence-electron chi connectivity index (χ3n) is 13.0. The number of H-pyrrole nitrogens is 4. The van der Waals surface area contributed by atoms with Crippen LogP contribution in [0, 0.1) is 0 Å². The van der Waals surface area contributed by atoms with Gasteiger partial charge in [-0.2, -0.15) is 0 Å². The van der Waals surface area contributed by atoms with E-state index in [9.17, 15) is 9.59 Å². The number of fused-ring (bicyclic) bond motifs is 4. The van der Waals surface area contributed by atoms with E-state index < -0.39 is 0 Å². The maximum absolute atomic E-state index is 12.7. The van der Waals surface area contributed by atoms with Gasteiger partial charge in [-0.25, -0.2) is 19.9 Å². The van der Waals surface area contributed by atoms with Gasteiger partial charge in [0, 0.05) is 87.7 Å². The monoisotopic (exact) mass is 874 g/mol. The number of aromatic amines is 4. The molecule has 0 radical (unpaired) electrons. The van der Waals surface area contributed by atoms with Crippen molar-refractivity contribution in [3.63, 3.8) is 0 Å². The average molecular weight is 875 g/mol. The molecular weight excluding hydrogens is 817 g/mol. The molecule has 0 bridgehead atoms. The first-order chi connectivity index (χ1) is 31.8. The van der Waals surface area contributed by atoms with Crippen LogP contribution in [0.15, 0.2) is 72.8 Å². The van der Waals surface area contributed by atoms with E-state index in [2.05, 4.69) is 113 Å². The summed E-state index contributed by atoms with van der Waals surface area (Å²) in [6.07, 6.45) is 5.38. The minimum absolute atomic E-state index is 0.00958. The molecule has 6 N–H and O–H groups in total. The average Bonchev–Trinajstić information content (AvgIpc) is 4.14. The van der Waals surface area contributed by atoms with Crippen LogP contribution in [0.5, 0.6) is 0 Å². The lowest BCUT2D eigenvalue weighted by atomic mass is 10.1. The second-order valence-electron chi connectivity index (χ2n) is 17.8. The van der Waals surface area contributed by atoms with E-state index in [1.54, 1.807) is 0 Å². The lowest BCUT2D eigenvalue weighted by Crippen LogP contribution is -2.44. The van der Waals surface area contributed by atoms with Gasteiger partial charge in [0.05, 0.1) is 57.2 Å². The van der Waals surface area contributed by atoms with Crippen molar-refractivity contribution in [3.8, 4) is 22.8 Å². The summed E-state index contributed by atoms with van der Waals surface area (Å²) in [5, 5.41) is 6.03. The second-order valence-corrected chi connectivity index (χ2v) is 17.8. The van der Waals surface area contributed by atoms with E-state index in [0.717, 1.165) is 151 Å². The Kier molecular flexibility index (Phi) is 12.2. The number of aromatic nitrogens is 8. The number of nitrogens with one attached hydrogen (secondary N) is 6. The molecule has 2 aliphatic heterocycles. The van der Waals surface area contributed by atoms with Gasteiger partial charge in [0.15, 0.2) is 0 Å². The first-order valence-corrected chi connectivity index (χ1v) is 23.1. The van der Waals surface area contributed by atoms with Gasteiger partial charge in [-0.15, -0.1) is 0 Å². The number of piperazine rings is 2. The highest BCUT2D eigenvalue weighted by atomic mass is 16.2. The molecule has 8 aromatic rings. The Morgan fingerprint density at radius 3 is 1.31 bits per heavy atom. The lowest BCUT2D eigenvalue weighted by molar-refractivity contribution is -0.122. The molecule has 0 saturated carbocycles. The minimum Gasteiger partial charge on any atom is -0.369 e. The number of unbranched alkanes of at least 4 members (excludes halogenated alkanes) is 4.